The van der Waals surface area contributed by atoms with E-state index in [0.717, 1.165) is 17.4 Å². The van der Waals surface area contributed by atoms with E-state index in [1.165, 1.54) is 11.8 Å². The molecule has 0 aromatic carbocycles. The van der Waals surface area contributed by atoms with Gasteiger partial charge in [0.15, 0.2) is 0 Å². The number of rotatable bonds is 5. The van der Waals surface area contributed by atoms with Crippen LogP contribution in [0.2, 0.25) is 25.7 Å². The largest absolute Gasteiger partial charge is 0.444 e. The first-order valence-electron chi connectivity index (χ1n) is 6.21. The Hall–Kier alpha value is -0.223. The van der Waals surface area contributed by atoms with Crippen molar-refractivity contribution in [1.29, 1.82) is 0 Å². The standard InChI is InChI=1S/C13H25NOSSi/c1-13(2,3)11-9-14-12(15-11)10-16-7-8-17(4,5)6/h9H,7-8,10H2,1-6H3. The van der Waals surface area contributed by atoms with Crippen LogP contribution < -0.4 is 0 Å². The van der Waals surface area contributed by atoms with Crippen LogP contribution in [0.4, 0.5) is 0 Å². The van der Waals surface area contributed by atoms with Crippen molar-refractivity contribution in [3.05, 3.63) is 17.8 Å². The van der Waals surface area contributed by atoms with Gasteiger partial charge in [-0.3, -0.25) is 0 Å². The van der Waals surface area contributed by atoms with E-state index < -0.39 is 8.07 Å². The molecule has 98 valence electrons. The molecule has 0 amide bonds. The van der Waals surface area contributed by atoms with Crippen LogP contribution >= 0.6 is 11.8 Å². The number of nitrogens with zero attached hydrogens (tertiary/aromatic N) is 1. The van der Waals surface area contributed by atoms with E-state index in [0.29, 0.717) is 0 Å². The van der Waals surface area contributed by atoms with Gasteiger partial charge in [-0.25, -0.2) is 4.98 Å². The van der Waals surface area contributed by atoms with E-state index in [-0.39, 0.29) is 5.41 Å². The van der Waals surface area contributed by atoms with E-state index in [9.17, 15) is 0 Å². The molecule has 0 aliphatic rings. The normalized spacial score (nSPS) is 13.1. The van der Waals surface area contributed by atoms with E-state index >= 15 is 0 Å². The average Bonchev–Trinajstić information content (AvgIpc) is 2.58. The van der Waals surface area contributed by atoms with Gasteiger partial charge in [0, 0.05) is 13.5 Å². The van der Waals surface area contributed by atoms with Gasteiger partial charge in [-0.15, -0.1) is 0 Å². The fourth-order valence-corrected chi connectivity index (χ4v) is 4.74. The van der Waals surface area contributed by atoms with Crippen LogP contribution in [0.1, 0.15) is 32.4 Å². The quantitative estimate of drug-likeness (QED) is 0.581. The van der Waals surface area contributed by atoms with Gasteiger partial charge in [-0.05, 0) is 11.8 Å². The molecular formula is C13H25NOSSi. The molecule has 1 aromatic rings. The van der Waals surface area contributed by atoms with Gasteiger partial charge >= 0.3 is 0 Å². The van der Waals surface area contributed by atoms with Crippen molar-refractivity contribution in [2.24, 2.45) is 0 Å². The van der Waals surface area contributed by atoms with Crippen LogP contribution in [0.3, 0.4) is 0 Å². The molecule has 4 heteroatoms. The monoisotopic (exact) mass is 271 g/mol. The number of thioether (sulfide) groups is 1. The van der Waals surface area contributed by atoms with Crippen LogP contribution in [-0.2, 0) is 11.2 Å². The minimum absolute atomic E-state index is 0.0637. The highest BCUT2D eigenvalue weighted by Gasteiger charge is 2.19. The summed E-state index contributed by atoms with van der Waals surface area (Å²) in [4.78, 5) is 4.34. The van der Waals surface area contributed by atoms with Crippen LogP contribution in [-0.4, -0.2) is 18.8 Å². The maximum atomic E-state index is 5.76. The predicted octanol–water partition coefficient (Wildman–Crippen LogP) is 4.54. The summed E-state index contributed by atoms with van der Waals surface area (Å²) >= 11 is 1.94. The molecule has 1 heterocycles. The van der Waals surface area contributed by atoms with Crippen molar-refractivity contribution in [3.8, 4) is 0 Å². The zero-order chi connectivity index (χ0) is 13.1. The maximum Gasteiger partial charge on any atom is 0.204 e. The summed E-state index contributed by atoms with van der Waals surface area (Å²) in [7, 11) is -0.892. The van der Waals surface area contributed by atoms with E-state index in [2.05, 4.69) is 45.4 Å². The highest BCUT2D eigenvalue weighted by atomic mass is 32.2. The molecular weight excluding hydrogens is 246 g/mol. The Morgan fingerprint density at radius 3 is 2.41 bits per heavy atom. The van der Waals surface area contributed by atoms with Crippen molar-refractivity contribution in [1.82, 2.24) is 4.98 Å². The predicted molar refractivity (Wildman–Crippen MR) is 79.5 cm³/mol. The molecule has 0 atom stereocenters. The Morgan fingerprint density at radius 1 is 1.29 bits per heavy atom. The van der Waals surface area contributed by atoms with Crippen molar-refractivity contribution in [2.75, 3.05) is 5.75 Å². The molecule has 0 fully saturated rings. The summed E-state index contributed by atoms with van der Waals surface area (Å²) in [5.74, 6) is 3.98. The van der Waals surface area contributed by atoms with Crippen LogP contribution in [0.15, 0.2) is 10.6 Å². The third-order valence-electron chi connectivity index (χ3n) is 2.51. The van der Waals surface area contributed by atoms with Gasteiger partial charge < -0.3 is 4.42 Å². The number of aromatic nitrogens is 1. The molecule has 0 saturated heterocycles. The lowest BCUT2D eigenvalue weighted by molar-refractivity contribution is 0.391. The van der Waals surface area contributed by atoms with Gasteiger partial charge in [-0.1, -0.05) is 40.4 Å². The molecule has 0 bridgehead atoms. The lowest BCUT2D eigenvalue weighted by Crippen LogP contribution is -2.19. The lowest BCUT2D eigenvalue weighted by Gasteiger charge is -2.14. The molecule has 1 rings (SSSR count). The van der Waals surface area contributed by atoms with Gasteiger partial charge in [0.2, 0.25) is 5.89 Å². The molecule has 0 radical (unpaired) electrons. The molecule has 0 aliphatic carbocycles. The van der Waals surface area contributed by atoms with Crippen molar-refractivity contribution < 1.29 is 4.42 Å². The molecule has 0 unspecified atom stereocenters. The molecule has 0 N–H and O–H groups in total. The SMILES string of the molecule is CC(C)(C)c1cnc(CSCC[Si](C)(C)C)o1. The molecule has 0 aliphatic heterocycles. The van der Waals surface area contributed by atoms with Crippen molar-refractivity contribution in [3.63, 3.8) is 0 Å². The molecule has 17 heavy (non-hydrogen) atoms. The van der Waals surface area contributed by atoms with Crippen LogP contribution in [0.5, 0.6) is 0 Å². The van der Waals surface area contributed by atoms with Crippen molar-refractivity contribution in [2.45, 2.75) is 57.6 Å². The molecule has 0 spiro atoms. The highest BCUT2D eigenvalue weighted by molar-refractivity contribution is 7.98. The van der Waals surface area contributed by atoms with Crippen LogP contribution in [0.25, 0.3) is 0 Å². The Morgan fingerprint density at radius 2 is 1.94 bits per heavy atom. The Labute approximate surface area is 111 Å². The Bertz CT molecular complexity index is 349. The zero-order valence-corrected chi connectivity index (χ0v) is 13.8. The minimum Gasteiger partial charge on any atom is -0.444 e. The highest BCUT2D eigenvalue weighted by Crippen LogP contribution is 2.24. The van der Waals surface area contributed by atoms with Gasteiger partial charge in [0.05, 0.1) is 11.9 Å². The smallest absolute Gasteiger partial charge is 0.204 e. The third-order valence-corrected chi connectivity index (χ3v) is 5.57. The molecule has 1 aromatic heterocycles. The summed E-state index contributed by atoms with van der Waals surface area (Å²) in [6.45, 7) is 13.7. The molecule has 0 saturated carbocycles. The summed E-state index contributed by atoms with van der Waals surface area (Å²) < 4.78 is 5.76. The second-order valence-corrected chi connectivity index (χ2v) is 13.5. The number of oxazole rings is 1. The van der Waals surface area contributed by atoms with E-state index in [1.807, 2.05) is 18.0 Å². The second kappa shape index (κ2) is 5.61. The summed E-state index contributed by atoms with van der Waals surface area (Å²) in [5.41, 5.74) is 0.0637. The fourth-order valence-electron chi connectivity index (χ4n) is 1.26. The first-order chi connectivity index (χ1) is 7.68. The van der Waals surface area contributed by atoms with E-state index in [1.54, 1.807) is 0 Å². The van der Waals surface area contributed by atoms with Gasteiger partial charge in [-0.2, -0.15) is 11.8 Å². The van der Waals surface area contributed by atoms with Crippen molar-refractivity contribution >= 4 is 19.8 Å². The maximum absolute atomic E-state index is 5.76. The second-order valence-electron chi connectivity index (χ2n) is 6.73. The first-order valence-corrected chi connectivity index (χ1v) is 11.1. The Balaban J connectivity index is 2.36. The summed E-state index contributed by atoms with van der Waals surface area (Å²) in [6.07, 6.45) is 1.87. The topological polar surface area (TPSA) is 26.0 Å². The first kappa shape index (κ1) is 14.8. The summed E-state index contributed by atoms with van der Waals surface area (Å²) in [6, 6.07) is 1.37. The average molecular weight is 272 g/mol. The number of hydrogen-bond acceptors (Lipinski definition) is 3. The Kier molecular flexibility index (Phi) is 4.90. The zero-order valence-electron chi connectivity index (χ0n) is 12.0. The number of hydrogen-bond donors (Lipinski definition) is 0. The minimum atomic E-state index is -0.892. The third kappa shape index (κ3) is 5.77. The van der Waals surface area contributed by atoms with E-state index in [4.69, 9.17) is 4.42 Å². The van der Waals surface area contributed by atoms with Crippen LogP contribution in [0, 0.1) is 0 Å². The summed E-state index contributed by atoms with van der Waals surface area (Å²) in [5, 5.41) is 0. The molecule has 2 nitrogen and oxygen atoms in total. The lowest BCUT2D eigenvalue weighted by atomic mass is 9.94. The fraction of sp³-hybridized carbons (Fsp3) is 0.769. The van der Waals surface area contributed by atoms with Gasteiger partial charge in [0.1, 0.15) is 5.76 Å². The van der Waals surface area contributed by atoms with Gasteiger partial charge in [0.25, 0.3) is 0 Å².